The van der Waals surface area contributed by atoms with Crippen LogP contribution in [0.1, 0.15) is 12.5 Å². The normalized spacial score (nSPS) is 14.8. The summed E-state index contributed by atoms with van der Waals surface area (Å²) in [5.41, 5.74) is 2.69. The number of rotatable bonds is 3. The third-order valence-electron chi connectivity index (χ3n) is 4.73. The number of benzene rings is 2. The van der Waals surface area contributed by atoms with Crippen molar-refractivity contribution in [2.24, 2.45) is 0 Å². The van der Waals surface area contributed by atoms with Gasteiger partial charge in [-0.1, -0.05) is 24.3 Å². The second-order valence-corrected chi connectivity index (χ2v) is 6.85. The molecule has 1 aliphatic heterocycles. The minimum atomic E-state index is -0.615. The van der Waals surface area contributed by atoms with E-state index in [1.807, 2.05) is 67.4 Å². The standard InChI is InChI=1S/C21H22N4O2/c1-14-7-6-8-16(13-14)27-15(2)21(26)25-12-11-24(3)19-20(25)23-18-10-5-4-9-17(18)22-19/h4-10,13,15H,11-12H2,1-3H3. The molecule has 1 atom stereocenters. The first-order valence-corrected chi connectivity index (χ1v) is 9.05. The van der Waals surface area contributed by atoms with Gasteiger partial charge in [0, 0.05) is 20.1 Å². The van der Waals surface area contributed by atoms with Crippen molar-refractivity contribution in [1.82, 2.24) is 9.97 Å². The van der Waals surface area contributed by atoms with Gasteiger partial charge in [0.15, 0.2) is 17.7 Å². The van der Waals surface area contributed by atoms with Gasteiger partial charge < -0.3 is 9.64 Å². The molecule has 0 aliphatic carbocycles. The smallest absolute Gasteiger partial charge is 0.269 e. The van der Waals surface area contributed by atoms with Gasteiger partial charge in [0.05, 0.1) is 11.0 Å². The Balaban J connectivity index is 1.65. The van der Waals surface area contributed by atoms with Crippen molar-refractivity contribution in [3.8, 4) is 5.75 Å². The molecule has 4 rings (SSSR count). The summed E-state index contributed by atoms with van der Waals surface area (Å²) in [7, 11) is 1.97. The first-order chi connectivity index (χ1) is 13.0. The van der Waals surface area contributed by atoms with Crippen molar-refractivity contribution in [2.75, 3.05) is 29.9 Å². The van der Waals surface area contributed by atoms with E-state index in [2.05, 4.69) is 0 Å². The van der Waals surface area contributed by atoms with Crippen molar-refractivity contribution in [3.63, 3.8) is 0 Å². The zero-order chi connectivity index (χ0) is 19.0. The molecule has 0 bridgehead atoms. The largest absolute Gasteiger partial charge is 0.481 e. The molecule has 0 N–H and O–H groups in total. The fraction of sp³-hybridized carbons (Fsp3) is 0.286. The van der Waals surface area contributed by atoms with Crippen molar-refractivity contribution < 1.29 is 9.53 Å². The molecule has 0 radical (unpaired) electrons. The Kier molecular flexibility index (Phi) is 4.39. The van der Waals surface area contributed by atoms with E-state index in [1.165, 1.54) is 0 Å². The highest BCUT2D eigenvalue weighted by atomic mass is 16.5. The molecule has 0 saturated heterocycles. The lowest BCUT2D eigenvalue weighted by atomic mass is 10.2. The lowest BCUT2D eigenvalue weighted by Crippen LogP contribution is -2.48. The Bertz CT molecular complexity index is 1000. The molecule has 2 aromatic carbocycles. The van der Waals surface area contributed by atoms with Crippen LogP contribution in [0.3, 0.4) is 0 Å². The fourth-order valence-electron chi connectivity index (χ4n) is 3.26. The van der Waals surface area contributed by atoms with E-state index in [-0.39, 0.29) is 5.91 Å². The van der Waals surface area contributed by atoms with Gasteiger partial charge >= 0.3 is 0 Å². The average molecular weight is 362 g/mol. The second-order valence-electron chi connectivity index (χ2n) is 6.85. The number of fused-ring (bicyclic) bond motifs is 2. The van der Waals surface area contributed by atoms with Crippen LogP contribution in [0, 0.1) is 6.92 Å². The monoisotopic (exact) mass is 362 g/mol. The Hall–Kier alpha value is -3.15. The zero-order valence-electron chi connectivity index (χ0n) is 15.7. The maximum absolute atomic E-state index is 13.1. The van der Waals surface area contributed by atoms with E-state index >= 15 is 0 Å². The van der Waals surface area contributed by atoms with Crippen LogP contribution < -0.4 is 14.5 Å². The summed E-state index contributed by atoms with van der Waals surface area (Å²) in [6.45, 7) is 5.02. The van der Waals surface area contributed by atoms with Gasteiger partial charge in [-0.2, -0.15) is 0 Å². The van der Waals surface area contributed by atoms with E-state index in [9.17, 15) is 4.79 Å². The molecule has 27 heavy (non-hydrogen) atoms. The maximum Gasteiger partial charge on any atom is 0.269 e. The highest BCUT2D eigenvalue weighted by Crippen LogP contribution is 2.31. The van der Waals surface area contributed by atoms with Crippen LogP contribution in [0.4, 0.5) is 11.6 Å². The number of nitrogens with zero attached hydrogens (tertiary/aromatic N) is 4. The molecular formula is C21H22N4O2. The molecule has 1 unspecified atom stereocenters. The molecule has 6 heteroatoms. The highest BCUT2D eigenvalue weighted by molar-refractivity contribution is 5.99. The molecule has 0 spiro atoms. The molecule has 6 nitrogen and oxygen atoms in total. The lowest BCUT2D eigenvalue weighted by Gasteiger charge is -2.34. The Morgan fingerprint density at radius 1 is 1.04 bits per heavy atom. The quantitative estimate of drug-likeness (QED) is 0.716. The number of ether oxygens (including phenoxy) is 1. The van der Waals surface area contributed by atoms with E-state index < -0.39 is 6.10 Å². The molecule has 1 amide bonds. The van der Waals surface area contributed by atoms with Crippen molar-refractivity contribution >= 4 is 28.6 Å². The number of anilines is 2. The summed E-state index contributed by atoms with van der Waals surface area (Å²) < 4.78 is 5.89. The van der Waals surface area contributed by atoms with Gasteiger partial charge in [0.25, 0.3) is 5.91 Å². The summed E-state index contributed by atoms with van der Waals surface area (Å²) in [5, 5.41) is 0. The van der Waals surface area contributed by atoms with Crippen LogP contribution in [0.15, 0.2) is 48.5 Å². The minimum Gasteiger partial charge on any atom is -0.481 e. The average Bonchev–Trinajstić information content (AvgIpc) is 2.66. The third kappa shape index (κ3) is 3.30. The number of likely N-dealkylation sites (N-methyl/N-ethyl adjacent to an activating group) is 1. The van der Waals surface area contributed by atoms with Gasteiger partial charge in [-0.05, 0) is 43.7 Å². The topological polar surface area (TPSA) is 58.6 Å². The Labute approximate surface area is 158 Å². The third-order valence-corrected chi connectivity index (χ3v) is 4.73. The van der Waals surface area contributed by atoms with Crippen LogP contribution in [-0.4, -0.2) is 42.1 Å². The molecule has 0 saturated carbocycles. The van der Waals surface area contributed by atoms with E-state index in [0.29, 0.717) is 24.7 Å². The van der Waals surface area contributed by atoms with Crippen molar-refractivity contribution in [1.29, 1.82) is 0 Å². The first kappa shape index (κ1) is 17.3. The van der Waals surface area contributed by atoms with Crippen LogP contribution in [0.5, 0.6) is 5.75 Å². The summed E-state index contributed by atoms with van der Waals surface area (Å²) in [5.74, 6) is 1.88. The fourth-order valence-corrected chi connectivity index (χ4v) is 3.26. The predicted molar refractivity (Wildman–Crippen MR) is 106 cm³/mol. The second kappa shape index (κ2) is 6.87. The number of carbonyl (C=O) groups excluding carboxylic acids is 1. The van der Waals surface area contributed by atoms with Crippen molar-refractivity contribution in [2.45, 2.75) is 20.0 Å². The van der Waals surface area contributed by atoms with E-state index in [0.717, 1.165) is 22.4 Å². The summed E-state index contributed by atoms with van der Waals surface area (Å²) >= 11 is 0. The number of amides is 1. The van der Waals surface area contributed by atoms with Gasteiger partial charge in [-0.25, -0.2) is 9.97 Å². The van der Waals surface area contributed by atoms with Crippen LogP contribution in [-0.2, 0) is 4.79 Å². The minimum absolute atomic E-state index is 0.115. The molecule has 2 heterocycles. The Morgan fingerprint density at radius 2 is 1.74 bits per heavy atom. The molecule has 3 aromatic rings. The number of hydrogen-bond donors (Lipinski definition) is 0. The van der Waals surface area contributed by atoms with Gasteiger partial charge in [0.1, 0.15) is 5.75 Å². The summed E-state index contributed by atoms with van der Waals surface area (Å²) in [4.78, 5) is 26.3. The van der Waals surface area contributed by atoms with Gasteiger partial charge in [0.2, 0.25) is 0 Å². The number of aryl methyl sites for hydroxylation is 1. The molecule has 1 aromatic heterocycles. The summed E-state index contributed by atoms with van der Waals surface area (Å²) in [6.07, 6.45) is -0.615. The number of aromatic nitrogens is 2. The van der Waals surface area contributed by atoms with Crippen LogP contribution in [0.25, 0.3) is 11.0 Å². The molecule has 1 aliphatic rings. The highest BCUT2D eigenvalue weighted by Gasteiger charge is 2.31. The molecule has 0 fully saturated rings. The van der Waals surface area contributed by atoms with Gasteiger partial charge in [-0.3, -0.25) is 9.69 Å². The van der Waals surface area contributed by atoms with Crippen LogP contribution >= 0.6 is 0 Å². The first-order valence-electron chi connectivity index (χ1n) is 9.05. The maximum atomic E-state index is 13.1. The van der Waals surface area contributed by atoms with Crippen molar-refractivity contribution in [3.05, 3.63) is 54.1 Å². The summed E-state index contributed by atoms with van der Waals surface area (Å²) in [6, 6.07) is 15.4. The SMILES string of the molecule is Cc1cccc(OC(C)C(=O)N2CCN(C)c3nc4ccccc4nc32)c1. The van der Waals surface area contributed by atoms with E-state index in [4.69, 9.17) is 14.7 Å². The zero-order valence-corrected chi connectivity index (χ0v) is 15.7. The van der Waals surface area contributed by atoms with Gasteiger partial charge in [-0.15, -0.1) is 0 Å². The number of hydrogen-bond acceptors (Lipinski definition) is 5. The van der Waals surface area contributed by atoms with E-state index in [1.54, 1.807) is 11.8 Å². The Morgan fingerprint density at radius 3 is 2.44 bits per heavy atom. The molecular weight excluding hydrogens is 340 g/mol. The number of carbonyl (C=O) groups is 1. The number of para-hydroxylation sites is 2. The predicted octanol–water partition coefficient (Wildman–Crippen LogP) is 3.19. The molecule has 138 valence electrons. The van der Waals surface area contributed by atoms with Crippen LogP contribution in [0.2, 0.25) is 0 Å². The lowest BCUT2D eigenvalue weighted by molar-refractivity contribution is -0.124.